The fourth-order valence-electron chi connectivity index (χ4n) is 2.87. The highest BCUT2D eigenvalue weighted by Crippen LogP contribution is 2.22. The first-order valence-corrected chi connectivity index (χ1v) is 9.11. The van der Waals surface area contributed by atoms with Crippen LogP contribution in [0.25, 0.3) is 0 Å². The Morgan fingerprint density at radius 2 is 1.85 bits per heavy atom. The third-order valence-corrected chi connectivity index (χ3v) is 4.15. The molecule has 0 aliphatic carbocycles. The van der Waals surface area contributed by atoms with Crippen molar-refractivity contribution in [2.75, 3.05) is 20.1 Å². The molecule has 7 heteroatoms. The van der Waals surface area contributed by atoms with Crippen molar-refractivity contribution in [2.45, 2.75) is 51.9 Å². The molecule has 1 fully saturated rings. The van der Waals surface area contributed by atoms with Gasteiger partial charge in [-0.15, -0.1) is 0 Å². The molecule has 1 aromatic carbocycles. The van der Waals surface area contributed by atoms with Gasteiger partial charge >= 0.3 is 12.1 Å². The first-order chi connectivity index (χ1) is 12.7. The Morgan fingerprint density at radius 3 is 2.48 bits per heavy atom. The van der Waals surface area contributed by atoms with E-state index in [0.717, 1.165) is 12.0 Å². The number of hydrogen-bond acceptors (Lipinski definition) is 5. The van der Waals surface area contributed by atoms with E-state index in [1.165, 1.54) is 16.8 Å². The fourth-order valence-corrected chi connectivity index (χ4v) is 2.87. The summed E-state index contributed by atoms with van der Waals surface area (Å²) < 4.78 is 10.6. The van der Waals surface area contributed by atoms with Gasteiger partial charge in [0, 0.05) is 13.6 Å². The molecule has 0 saturated carbocycles. The predicted molar refractivity (Wildman–Crippen MR) is 99.8 cm³/mol. The predicted octanol–water partition coefficient (Wildman–Crippen LogP) is 2.59. The number of hydrogen-bond donors (Lipinski definition) is 0. The molecule has 1 saturated heterocycles. The highest BCUT2D eigenvalue weighted by atomic mass is 16.6. The molecule has 1 aliphatic heterocycles. The Balaban J connectivity index is 1.87. The largest absolute Gasteiger partial charge is 0.459 e. The number of likely N-dealkylation sites (tertiary alicyclic amines) is 1. The summed E-state index contributed by atoms with van der Waals surface area (Å²) in [6.45, 7) is 5.82. The van der Waals surface area contributed by atoms with E-state index >= 15 is 0 Å². The summed E-state index contributed by atoms with van der Waals surface area (Å²) in [6.07, 6.45) is 0.780. The zero-order chi connectivity index (χ0) is 20.0. The number of amides is 2. The summed E-state index contributed by atoms with van der Waals surface area (Å²) >= 11 is 0. The number of benzene rings is 1. The molecule has 1 heterocycles. The van der Waals surface area contributed by atoms with E-state index in [1.807, 2.05) is 30.3 Å². The fraction of sp³-hybridized carbons (Fsp3) is 0.550. The molecular formula is C20H28N2O5. The van der Waals surface area contributed by atoms with Gasteiger partial charge in [0.05, 0.1) is 0 Å². The smallest absolute Gasteiger partial charge is 0.410 e. The molecule has 27 heavy (non-hydrogen) atoms. The van der Waals surface area contributed by atoms with Crippen LogP contribution < -0.4 is 0 Å². The highest BCUT2D eigenvalue weighted by molar-refractivity contribution is 5.88. The molecule has 0 N–H and O–H groups in total. The Morgan fingerprint density at radius 1 is 1.19 bits per heavy atom. The molecule has 148 valence electrons. The van der Waals surface area contributed by atoms with E-state index in [4.69, 9.17) is 9.47 Å². The third kappa shape index (κ3) is 6.27. The van der Waals surface area contributed by atoms with Crippen molar-refractivity contribution in [1.29, 1.82) is 0 Å². The Hall–Kier alpha value is -2.57. The van der Waals surface area contributed by atoms with E-state index in [2.05, 4.69) is 0 Å². The molecular weight excluding hydrogens is 348 g/mol. The van der Waals surface area contributed by atoms with Crippen LogP contribution in [0, 0.1) is 0 Å². The number of esters is 1. The topological polar surface area (TPSA) is 76.2 Å². The number of ether oxygens (including phenoxy) is 2. The lowest BCUT2D eigenvalue weighted by Crippen LogP contribution is -2.49. The maximum absolute atomic E-state index is 12.7. The number of nitrogens with zero attached hydrogens (tertiary/aromatic N) is 2. The van der Waals surface area contributed by atoms with Crippen molar-refractivity contribution in [3.63, 3.8) is 0 Å². The van der Waals surface area contributed by atoms with Crippen LogP contribution in [0.2, 0.25) is 0 Å². The summed E-state index contributed by atoms with van der Waals surface area (Å²) in [4.78, 5) is 39.8. The lowest BCUT2D eigenvalue weighted by molar-refractivity contribution is -0.150. The van der Waals surface area contributed by atoms with E-state index < -0.39 is 23.7 Å². The third-order valence-electron chi connectivity index (χ3n) is 4.15. The van der Waals surface area contributed by atoms with Crippen LogP contribution in [0.15, 0.2) is 30.3 Å². The van der Waals surface area contributed by atoms with Gasteiger partial charge in [0.25, 0.3) is 0 Å². The minimum Gasteiger partial charge on any atom is -0.459 e. The second-order valence-electron chi connectivity index (χ2n) is 7.67. The van der Waals surface area contributed by atoms with Gasteiger partial charge in [0.1, 0.15) is 24.8 Å². The Labute approximate surface area is 160 Å². The average Bonchev–Trinajstić information content (AvgIpc) is 3.08. The second kappa shape index (κ2) is 8.88. The maximum atomic E-state index is 12.7. The van der Waals surface area contributed by atoms with Crippen molar-refractivity contribution in [2.24, 2.45) is 0 Å². The normalized spacial score (nSPS) is 16.7. The molecule has 0 spiro atoms. The van der Waals surface area contributed by atoms with Crippen LogP contribution in [0.5, 0.6) is 0 Å². The van der Waals surface area contributed by atoms with E-state index in [0.29, 0.717) is 13.0 Å². The minimum absolute atomic E-state index is 0.162. The van der Waals surface area contributed by atoms with Crippen molar-refractivity contribution in [3.8, 4) is 0 Å². The van der Waals surface area contributed by atoms with Crippen molar-refractivity contribution >= 4 is 18.0 Å². The SMILES string of the molecule is CN(CC(=O)OCc1ccccc1)C(=O)C1CCCN1C(=O)OC(C)(C)C. The van der Waals surface area contributed by atoms with Crippen molar-refractivity contribution in [1.82, 2.24) is 9.80 Å². The number of rotatable bonds is 5. The first kappa shape index (κ1) is 20.7. The summed E-state index contributed by atoms with van der Waals surface area (Å²) in [5.41, 5.74) is 0.257. The van der Waals surface area contributed by atoms with Crippen LogP contribution in [-0.2, 0) is 25.7 Å². The van der Waals surface area contributed by atoms with Gasteiger partial charge in [-0.1, -0.05) is 30.3 Å². The molecule has 1 aromatic rings. The van der Waals surface area contributed by atoms with E-state index in [1.54, 1.807) is 20.8 Å². The van der Waals surface area contributed by atoms with Gasteiger partial charge < -0.3 is 14.4 Å². The van der Waals surface area contributed by atoms with Crippen LogP contribution in [0.4, 0.5) is 4.79 Å². The lowest BCUT2D eigenvalue weighted by atomic mass is 10.2. The van der Waals surface area contributed by atoms with Gasteiger partial charge in [0.2, 0.25) is 5.91 Å². The van der Waals surface area contributed by atoms with Crippen molar-refractivity contribution < 1.29 is 23.9 Å². The van der Waals surface area contributed by atoms with Gasteiger partial charge in [-0.3, -0.25) is 14.5 Å². The standard InChI is InChI=1S/C20H28N2O5/c1-20(2,3)27-19(25)22-12-8-11-16(22)18(24)21(4)13-17(23)26-14-15-9-6-5-7-10-15/h5-7,9-10,16H,8,11-14H2,1-4H3. The van der Waals surface area contributed by atoms with E-state index in [-0.39, 0.29) is 19.1 Å². The number of carbonyl (C=O) groups is 3. The van der Waals surface area contributed by atoms with Crippen molar-refractivity contribution in [3.05, 3.63) is 35.9 Å². The van der Waals surface area contributed by atoms with Crippen LogP contribution in [-0.4, -0.2) is 59.5 Å². The van der Waals surface area contributed by atoms with Crippen LogP contribution in [0.3, 0.4) is 0 Å². The zero-order valence-electron chi connectivity index (χ0n) is 16.4. The van der Waals surface area contributed by atoms with Crippen LogP contribution >= 0.6 is 0 Å². The quantitative estimate of drug-likeness (QED) is 0.739. The molecule has 2 amide bonds. The van der Waals surface area contributed by atoms with Gasteiger partial charge in [-0.05, 0) is 39.2 Å². The highest BCUT2D eigenvalue weighted by Gasteiger charge is 2.38. The first-order valence-electron chi connectivity index (χ1n) is 9.11. The number of carbonyl (C=O) groups excluding carboxylic acids is 3. The number of likely N-dealkylation sites (N-methyl/N-ethyl adjacent to an activating group) is 1. The molecule has 1 unspecified atom stereocenters. The average molecular weight is 376 g/mol. The summed E-state index contributed by atoms with van der Waals surface area (Å²) in [5, 5.41) is 0. The zero-order valence-corrected chi connectivity index (χ0v) is 16.4. The summed E-state index contributed by atoms with van der Waals surface area (Å²) in [5.74, 6) is -0.772. The summed E-state index contributed by atoms with van der Waals surface area (Å²) in [6, 6.07) is 8.73. The Bertz CT molecular complexity index is 669. The van der Waals surface area contributed by atoms with Crippen LogP contribution in [0.1, 0.15) is 39.2 Å². The van der Waals surface area contributed by atoms with E-state index in [9.17, 15) is 14.4 Å². The van der Waals surface area contributed by atoms with Gasteiger partial charge in [-0.25, -0.2) is 4.79 Å². The van der Waals surface area contributed by atoms with Gasteiger partial charge in [-0.2, -0.15) is 0 Å². The second-order valence-corrected chi connectivity index (χ2v) is 7.67. The molecule has 1 atom stereocenters. The molecule has 7 nitrogen and oxygen atoms in total. The molecule has 2 rings (SSSR count). The summed E-state index contributed by atoms with van der Waals surface area (Å²) in [7, 11) is 1.54. The lowest BCUT2D eigenvalue weighted by Gasteiger charge is -2.30. The minimum atomic E-state index is -0.625. The molecule has 0 aromatic heterocycles. The molecule has 0 bridgehead atoms. The maximum Gasteiger partial charge on any atom is 0.410 e. The monoisotopic (exact) mass is 376 g/mol. The molecule has 1 aliphatic rings. The van der Waals surface area contributed by atoms with Gasteiger partial charge in [0.15, 0.2) is 0 Å². The molecule has 0 radical (unpaired) electrons. The Kier molecular flexibility index (Phi) is 6.82.